The zero-order valence-corrected chi connectivity index (χ0v) is 9.99. The standard InChI is InChI=1S/C11H20N4/c1-5-9(3)15(4)7-11-13-8(2)6-10(12)14-11/h6,9H,5,7H2,1-4H3,(H2,12,13,14). The lowest BCUT2D eigenvalue weighted by atomic mass is 10.2. The molecule has 4 heteroatoms. The molecule has 0 aromatic carbocycles. The van der Waals surface area contributed by atoms with E-state index in [1.807, 2.05) is 6.92 Å². The maximum atomic E-state index is 5.67. The molecule has 1 rings (SSSR count). The number of aryl methyl sites for hydroxylation is 1. The summed E-state index contributed by atoms with van der Waals surface area (Å²) in [4.78, 5) is 10.8. The molecule has 1 aromatic heterocycles. The minimum atomic E-state index is 0.537. The van der Waals surface area contributed by atoms with Gasteiger partial charge in [-0.25, -0.2) is 9.97 Å². The predicted molar refractivity (Wildman–Crippen MR) is 62.4 cm³/mol. The Morgan fingerprint density at radius 1 is 1.47 bits per heavy atom. The average molecular weight is 208 g/mol. The average Bonchev–Trinajstić information content (AvgIpc) is 2.14. The van der Waals surface area contributed by atoms with Gasteiger partial charge in [-0.3, -0.25) is 4.90 Å². The van der Waals surface area contributed by atoms with E-state index in [4.69, 9.17) is 5.73 Å². The highest BCUT2D eigenvalue weighted by Crippen LogP contribution is 2.07. The quantitative estimate of drug-likeness (QED) is 0.816. The maximum absolute atomic E-state index is 5.67. The molecule has 2 N–H and O–H groups in total. The Morgan fingerprint density at radius 3 is 2.67 bits per heavy atom. The summed E-state index contributed by atoms with van der Waals surface area (Å²) in [6, 6.07) is 2.32. The number of rotatable bonds is 4. The second kappa shape index (κ2) is 5.07. The lowest BCUT2D eigenvalue weighted by Gasteiger charge is -2.22. The summed E-state index contributed by atoms with van der Waals surface area (Å²) in [5.74, 6) is 1.35. The summed E-state index contributed by atoms with van der Waals surface area (Å²) < 4.78 is 0. The molecule has 0 spiro atoms. The van der Waals surface area contributed by atoms with E-state index >= 15 is 0 Å². The number of nitrogens with two attached hydrogens (primary N) is 1. The maximum Gasteiger partial charge on any atom is 0.144 e. The Labute approximate surface area is 91.5 Å². The van der Waals surface area contributed by atoms with Crippen LogP contribution in [-0.4, -0.2) is 28.0 Å². The molecule has 0 aliphatic heterocycles. The third-order valence-corrected chi connectivity index (χ3v) is 2.65. The first-order chi connectivity index (χ1) is 7.02. The lowest BCUT2D eigenvalue weighted by Crippen LogP contribution is -2.28. The predicted octanol–water partition coefficient (Wildman–Crippen LogP) is 1.60. The highest BCUT2D eigenvalue weighted by atomic mass is 15.1. The fourth-order valence-corrected chi connectivity index (χ4v) is 1.42. The molecule has 84 valence electrons. The molecule has 1 atom stereocenters. The van der Waals surface area contributed by atoms with Gasteiger partial charge in [0, 0.05) is 17.8 Å². The van der Waals surface area contributed by atoms with Crippen LogP contribution in [0.25, 0.3) is 0 Å². The number of hydrogen-bond donors (Lipinski definition) is 1. The first kappa shape index (κ1) is 11.9. The molecule has 0 aliphatic rings. The molecule has 0 radical (unpaired) electrons. The SMILES string of the molecule is CCC(C)N(C)Cc1nc(C)cc(N)n1. The smallest absolute Gasteiger partial charge is 0.144 e. The van der Waals surface area contributed by atoms with Gasteiger partial charge in [-0.15, -0.1) is 0 Å². The zero-order chi connectivity index (χ0) is 11.4. The Kier molecular flexibility index (Phi) is 4.03. The van der Waals surface area contributed by atoms with Crippen LogP contribution in [0.1, 0.15) is 31.8 Å². The van der Waals surface area contributed by atoms with Gasteiger partial charge in [0.05, 0.1) is 6.54 Å². The van der Waals surface area contributed by atoms with Gasteiger partial charge in [0.1, 0.15) is 11.6 Å². The minimum Gasteiger partial charge on any atom is -0.384 e. The van der Waals surface area contributed by atoms with E-state index in [1.165, 1.54) is 0 Å². The van der Waals surface area contributed by atoms with Crippen LogP contribution >= 0.6 is 0 Å². The van der Waals surface area contributed by atoms with Crippen molar-refractivity contribution in [3.63, 3.8) is 0 Å². The molecular weight excluding hydrogens is 188 g/mol. The van der Waals surface area contributed by atoms with Crippen LogP contribution in [0.2, 0.25) is 0 Å². The van der Waals surface area contributed by atoms with Gasteiger partial charge in [-0.1, -0.05) is 6.92 Å². The normalized spacial score (nSPS) is 13.1. The Hall–Kier alpha value is -1.16. The summed E-state index contributed by atoms with van der Waals surface area (Å²) >= 11 is 0. The molecule has 0 fully saturated rings. The molecule has 0 amide bonds. The van der Waals surface area contributed by atoms with Crippen molar-refractivity contribution in [2.24, 2.45) is 0 Å². The van der Waals surface area contributed by atoms with Crippen LogP contribution in [0.4, 0.5) is 5.82 Å². The van der Waals surface area contributed by atoms with Crippen molar-refractivity contribution in [2.45, 2.75) is 39.8 Å². The third-order valence-electron chi connectivity index (χ3n) is 2.65. The summed E-state index contributed by atoms with van der Waals surface area (Å²) in [6.07, 6.45) is 1.12. The van der Waals surface area contributed by atoms with Crippen molar-refractivity contribution >= 4 is 5.82 Å². The monoisotopic (exact) mass is 208 g/mol. The fourth-order valence-electron chi connectivity index (χ4n) is 1.42. The molecule has 0 aliphatic carbocycles. The summed E-state index contributed by atoms with van der Waals surface area (Å²) in [6.45, 7) is 7.05. The first-order valence-corrected chi connectivity index (χ1v) is 5.33. The summed E-state index contributed by atoms with van der Waals surface area (Å²) in [5, 5.41) is 0. The van der Waals surface area contributed by atoms with Crippen LogP contribution in [0, 0.1) is 6.92 Å². The van der Waals surface area contributed by atoms with Crippen LogP contribution < -0.4 is 5.73 Å². The zero-order valence-electron chi connectivity index (χ0n) is 9.99. The molecule has 0 bridgehead atoms. The molecule has 15 heavy (non-hydrogen) atoms. The summed E-state index contributed by atoms with van der Waals surface area (Å²) in [5.41, 5.74) is 6.60. The highest BCUT2D eigenvalue weighted by Gasteiger charge is 2.09. The molecule has 1 unspecified atom stereocenters. The number of aromatic nitrogens is 2. The largest absolute Gasteiger partial charge is 0.384 e. The number of hydrogen-bond acceptors (Lipinski definition) is 4. The molecular formula is C11H20N4. The number of nitrogen functional groups attached to an aromatic ring is 1. The van der Waals surface area contributed by atoms with Gasteiger partial charge in [-0.2, -0.15) is 0 Å². The van der Waals surface area contributed by atoms with Gasteiger partial charge in [0.25, 0.3) is 0 Å². The second-order valence-corrected chi connectivity index (χ2v) is 4.02. The van der Waals surface area contributed by atoms with E-state index in [0.717, 1.165) is 24.5 Å². The topological polar surface area (TPSA) is 55.0 Å². The Balaban J connectivity index is 2.72. The fraction of sp³-hybridized carbons (Fsp3) is 0.636. The molecule has 1 heterocycles. The number of anilines is 1. The van der Waals surface area contributed by atoms with E-state index in [0.29, 0.717) is 11.9 Å². The third kappa shape index (κ3) is 3.47. The van der Waals surface area contributed by atoms with Crippen LogP contribution in [0.15, 0.2) is 6.07 Å². The second-order valence-electron chi connectivity index (χ2n) is 4.02. The van der Waals surface area contributed by atoms with E-state index in [-0.39, 0.29) is 0 Å². The van der Waals surface area contributed by atoms with Crippen LogP contribution in [0.3, 0.4) is 0 Å². The van der Waals surface area contributed by atoms with E-state index in [2.05, 4.69) is 35.8 Å². The van der Waals surface area contributed by atoms with Gasteiger partial charge in [-0.05, 0) is 27.3 Å². The Bertz CT molecular complexity index is 304. The minimum absolute atomic E-state index is 0.537. The van der Waals surface area contributed by atoms with E-state index in [1.54, 1.807) is 6.07 Å². The van der Waals surface area contributed by atoms with Crippen LogP contribution in [-0.2, 0) is 6.54 Å². The van der Waals surface area contributed by atoms with Crippen molar-refractivity contribution in [1.29, 1.82) is 0 Å². The molecule has 0 saturated heterocycles. The van der Waals surface area contributed by atoms with Crippen molar-refractivity contribution in [1.82, 2.24) is 14.9 Å². The van der Waals surface area contributed by atoms with Crippen molar-refractivity contribution in [3.05, 3.63) is 17.6 Å². The van der Waals surface area contributed by atoms with Gasteiger partial charge in [0.15, 0.2) is 0 Å². The first-order valence-electron chi connectivity index (χ1n) is 5.33. The number of nitrogens with zero attached hydrogens (tertiary/aromatic N) is 3. The van der Waals surface area contributed by atoms with E-state index < -0.39 is 0 Å². The van der Waals surface area contributed by atoms with E-state index in [9.17, 15) is 0 Å². The van der Waals surface area contributed by atoms with Gasteiger partial charge in [0.2, 0.25) is 0 Å². The van der Waals surface area contributed by atoms with Crippen molar-refractivity contribution < 1.29 is 0 Å². The van der Waals surface area contributed by atoms with Gasteiger partial charge >= 0.3 is 0 Å². The van der Waals surface area contributed by atoms with Crippen LogP contribution in [0.5, 0.6) is 0 Å². The molecule has 1 aromatic rings. The Morgan fingerprint density at radius 2 is 2.13 bits per heavy atom. The summed E-state index contributed by atoms with van der Waals surface area (Å²) in [7, 11) is 2.08. The lowest BCUT2D eigenvalue weighted by molar-refractivity contribution is 0.238. The van der Waals surface area contributed by atoms with Crippen molar-refractivity contribution in [2.75, 3.05) is 12.8 Å². The van der Waals surface area contributed by atoms with Crippen molar-refractivity contribution in [3.8, 4) is 0 Å². The molecule has 4 nitrogen and oxygen atoms in total. The molecule has 0 saturated carbocycles. The highest BCUT2D eigenvalue weighted by molar-refractivity contribution is 5.29. The van der Waals surface area contributed by atoms with Gasteiger partial charge < -0.3 is 5.73 Å².